The summed E-state index contributed by atoms with van der Waals surface area (Å²) < 4.78 is 0. The Balaban J connectivity index is 1.65. The van der Waals surface area contributed by atoms with Crippen molar-refractivity contribution in [3.63, 3.8) is 0 Å². The van der Waals surface area contributed by atoms with Gasteiger partial charge in [0.05, 0.1) is 16.3 Å². The first-order valence-corrected chi connectivity index (χ1v) is 9.02. The molecule has 126 valence electrons. The van der Waals surface area contributed by atoms with E-state index in [2.05, 4.69) is 15.5 Å². The molecule has 1 saturated heterocycles. The molecular formula is C18H21N3O2S. The van der Waals surface area contributed by atoms with Gasteiger partial charge in [-0.25, -0.2) is 0 Å². The molecule has 1 unspecified atom stereocenters. The minimum Gasteiger partial charge on any atom is -0.370 e. The van der Waals surface area contributed by atoms with Gasteiger partial charge in [0, 0.05) is 13.1 Å². The van der Waals surface area contributed by atoms with E-state index in [0.717, 1.165) is 24.5 Å². The molecule has 0 radical (unpaired) electrons. The standard InChI is InChI=1S/C18H21N3O2S/c1-13(19-18(23)16-9-6-12-24-16)17(22)20-14-7-2-3-8-15(14)21-10-4-5-11-21/h2-3,6-9,12-13H,4-5,10-11H2,1H3,(H,19,23)(H,20,22). The SMILES string of the molecule is CC(NC(=O)c1cccs1)C(=O)Nc1ccccc1N1CCCC1. The smallest absolute Gasteiger partial charge is 0.261 e. The Morgan fingerprint density at radius 1 is 1.12 bits per heavy atom. The summed E-state index contributed by atoms with van der Waals surface area (Å²) in [5.74, 6) is -0.438. The van der Waals surface area contributed by atoms with Gasteiger partial charge in [0.2, 0.25) is 5.91 Å². The minimum atomic E-state index is -0.605. The Kier molecular flexibility index (Phi) is 5.15. The summed E-state index contributed by atoms with van der Waals surface area (Å²) in [5.41, 5.74) is 1.83. The van der Waals surface area contributed by atoms with Crippen LogP contribution in [0.4, 0.5) is 11.4 Å². The number of nitrogens with zero attached hydrogens (tertiary/aromatic N) is 1. The zero-order valence-electron chi connectivity index (χ0n) is 13.6. The van der Waals surface area contributed by atoms with Crippen molar-refractivity contribution in [2.75, 3.05) is 23.3 Å². The molecule has 0 spiro atoms. The Morgan fingerprint density at radius 2 is 1.88 bits per heavy atom. The maximum Gasteiger partial charge on any atom is 0.261 e. The first-order chi connectivity index (χ1) is 11.6. The van der Waals surface area contributed by atoms with E-state index >= 15 is 0 Å². The molecule has 1 aliphatic rings. The van der Waals surface area contributed by atoms with Crippen LogP contribution in [-0.2, 0) is 4.79 Å². The molecule has 2 N–H and O–H groups in total. The Bertz CT molecular complexity index is 709. The van der Waals surface area contributed by atoms with Crippen molar-refractivity contribution in [1.29, 1.82) is 0 Å². The molecule has 1 fully saturated rings. The van der Waals surface area contributed by atoms with E-state index in [0.29, 0.717) is 4.88 Å². The summed E-state index contributed by atoms with van der Waals surface area (Å²) in [4.78, 5) is 27.4. The van der Waals surface area contributed by atoms with Crippen LogP contribution in [0.15, 0.2) is 41.8 Å². The van der Waals surface area contributed by atoms with Crippen LogP contribution in [0.5, 0.6) is 0 Å². The highest BCUT2D eigenvalue weighted by Gasteiger charge is 2.20. The second-order valence-electron chi connectivity index (χ2n) is 5.87. The summed E-state index contributed by atoms with van der Waals surface area (Å²) >= 11 is 1.36. The molecule has 1 aromatic heterocycles. The van der Waals surface area contributed by atoms with Crippen LogP contribution >= 0.6 is 11.3 Å². The van der Waals surface area contributed by atoms with Gasteiger partial charge < -0.3 is 15.5 Å². The lowest BCUT2D eigenvalue weighted by Gasteiger charge is -2.22. The van der Waals surface area contributed by atoms with Crippen molar-refractivity contribution in [2.45, 2.75) is 25.8 Å². The largest absolute Gasteiger partial charge is 0.370 e. The van der Waals surface area contributed by atoms with Gasteiger partial charge in [0.25, 0.3) is 5.91 Å². The third-order valence-corrected chi connectivity index (χ3v) is 4.96. The number of para-hydroxylation sites is 2. The Morgan fingerprint density at radius 3 is 2.58 bits per heavy atom. The average Bonchev–Trinajstić information content (AvgIpc) is 3.29. The van der Waals surface area contributed by atoms with Crippen LogP contribution in [0.3, 0.4) is 0 Å². The first-order valence-electron chi connectivity index (χ1n) is 8.14. The molecule has 1 aromatic carbocycles. The lowest BCUT2D eigenvalue weighted by atomic mass is 10.2. The number of nitrogens with one attached hydrogen (secondary N) is 2. The van der Waals surface area contributed by atoms with Crippen molar-refractivity contribution < 1.29 is 9.59 Å². The number of rotatable bonds is 5. The van der Waals surface area contributed by atoms with Crippen LogP contribution in [0, 0.1) is 0 Å². The maximum atomic E-state index is 12.4. The lowest BCUT2D eigenvalue weighted by Crippen LogP contribution is -2.41. The van der Waals surface area contributed by atoms with Crippen molar-refractivity contribution >= 4 is 34.5 Å². The topological polar surface area (TPSA) is 61.4 Å². The maximum absolute atomic E-state index is 12.4. The normalized spacial score (nSPS) is 15.1. The van der Waals surface area contributed by atoms with Gasteiger partial charge in [-0.15, -0.1) is 11.3 Å². The monoisotopic (exact) mass is 343 g/mol. The highest BCUT2D eigenvalue weighted by Crippen LogP contribution is 2.28. The third-order valence-electron chi connectivity index (χ3n) is 4.09. The molecule has 1 aliphatic heterocycles. The van der Waals surface area contributed by atoms with Gasteiger partial charge in [0.1, 0.15) is 6.04 Å². The second kappa shape index (κ2) is 7.49. The fraction of sp³-hybridized carbons (Fsp3) is 0.333. The van der Waals surface area contributed by atoms with E-state index in [1.807, 2.05) is 35.7 Å². The fourth-order valence-electron chi connectivity index (χ4n) is 2.80. The molecular weight excluding hydrogens is 322 g/mol. The van der Waals surface area contributed by atoms with Crippen molar-refractivity contribution in [3.8, 4) is 0 Å². The van der Waals surface area contributed by atoms with Crippen molar-refractivity contribution in [3.05, 3.63) is 46.7 Å². The number of benzene rings is 1. The predicted molar refractivity (Wildman–Crippen MR) is 97.8 cm³/mol. The predicted octanol–water partition coefficient (Wildman–Crippen LogP) is 3.11. The number of carbonyl (C=O) groups is 2. The first kappa shape index (κ1) is 16.5. The summed E-state index contributed by atoms with van der Waals surface area (Å²) in [6.45, 7) is 3.72. The number of amides is 2. The molecule has 2 heterocycles. The summed E-state index contributed by atoms with van der Waals surface area (Å²) in [6, 6.07) is 10.8. The lowest BCUT2D eigenvalue weighted by molar-refractivity contribution is -0.117. The van der Waals surface area contributed by atoms with E-state index in [4.69, 9.17) is 0 Å². The molecule has 0 saturated carbocycles. The van der Waals surface area contributed by atoms with Crippen LogP contribution in [0.25, 0.3) is 0 Å². The van der Waals surface area contributed by atoms with Crippen molar-refractivity contribution in [1.82, 2.24) is 5.32 Å². The van der Waals surface area contributed by atoms with E-state index < -0.39 is 6.04 Å². The summed E-state index contributed by atoms with van der Waals surface area (Å²) in [5, 5.41) is 7.52. The Labute approximate surface area is 145 Å². The van der Waals surface area contributed by atoms with E-state index in [9.17, 15) is 9.59 Å². The summed E-state index contributed by atoms with van der Waals surface area (Å²) in [6.07, 6.45) is 2.35. The number of hydrogen-bond acceptors (Lipinski definition) is 4. The molecule has 1 atom stereocenters. The van der Waals surface area contributed by atoms with Crippen LogP contribution in [0.1, 0.15) is 29.4 Å². The highest BCUT2D eigenvalue weighted by atomic mass is 32.1. The van der Waals surface area contributed by atoms with E-state index in [-0.39, 0.29) is 11.8 Å². The van der Waals surface area contributed by atoms with Crippen LogP contribution < -0.4 is 15.5 Å². The highest BCUT2D eigenvalue weighted by molar-refractivity contribution is 7.12. The number of thiophene rings is 1. The molecule has 2 aromatic rings. The molecule has 24 heavy (non-hydrogen) atoms. The van der Waals surface area contributed by atoms with Gasteiger partial charge in [0.15, 0.2) is 0 Å². The van der Waals surface area contributed by atoms with Gasteiger partial charge >= 0.3 is 0 Å². The number of carbonyl (C=O) groups excluding carboxylic acids is 2. The average molecular weight is 343 g/mol. The zero-order valence-corrected chi connectivity index (χ0v) is 14.4. The third kappa shape index (κ3) is 3.76. The molecule has 0 bridgehead atoms. The number of hydrogen-bond donors (Lipinski definition) is 2. The van der Waals surface area contributed by atoms with Crippen molar-refractivity contribution in [2.24, 2.45) is 0 Å². The molecule has 0 aliphatic carbocycles. The fourth-order valence-corrected chi connectivity index (χ4v) is 3.42. The van der Waals surface area contributed by atoms with Gasteiger partial charge in [-0.3, -0.25) is 9.59 Å². The molecule has 3 rings (SSSR count). The second-order valence-corrected chi connectivity index (χ2v) is 6.82. The van der Waals surface area contributed by atoms with E-state index in [1.165, 1.54) is 24.2 Å². The minimum absolute atomic E-state index is 0.216. The molecule has 5 nitrogen and oxygen atoms in total. The molecule has 2 amide bonds. The van der Waals surface area contributed by atoms with Gasteiger partial charge in [-0.05, 0) is 43.3 Å². The zero-order chi connectivity index (χ0) is 16.9. The quantitative estimate of drug-likeness (QED) is 0.877. The van der Waals surface area contributed by atoms with Gasteiger partial charge in [-0.1, -0.05) is 18.2 Å². The van der Waals surface area contributed by atoms with E-state index in [1.54, 1.807) is 13.0 Å². The number of anilines is 2. The molecule has 6 heteroatoms. The van der Waals surface area contributed by atoms with Gasteiger partial charge in [-0.2, -0.15) is 0 Å². The summed E-state index contributed by atoms with van der Waals surface area (Å²) in [7, 11) is 0. The van der Waals surface area contributed by atoms with Crippen LogP contribution in [-0.4, -0.2) is 30.9 Å². The van der Waals surface area contributed by atoms with Crippen LogP contribution in [0.2, 0.25) is 0 Å². The Hall–Kier alpha value is -2.34.